The largest absolute Gasteiger partial charge is 0.396 e. The highest BCUT2D eigenvalue weighted by molar-refractivity contribution is 7.15. The lowest BCUT2D eigenvalue weighted by Crippen LogP contribution is -2.24. The molecule has 6 heteroatoms. The highest BCUT2D eigenvalue weighted by atomic mass is 32.1. The molecule has 2 aromatic heterocycles. The Morgan fingerprint density at radius 2 is 2.13 bits per heavy atom. The molecular weight excluding hydrogens is 310 g/mol. The Kier molecular flexibility index (Phi) is 4.85. The smallest absolute Gasteiger partial charge is 0.259 e. The second kappa shape index (κ2) is 7.04. The Balaban J connectivity index is 1.80. The van der Waals surface area contributed by atoms with E-state index in [2.05, 4.69) is 10.3 Å². The lowest BCUT2D eigenvalue weighted by atomic mass is 10.0. The molecule has 23 heavy (non-hydrogen) atoms. The van der Waals surface area contributed by atoms with Crippen molar-refractivity contribution in [2.24, 2.45) is 0 Å². The number of aromatic nitrogens is 2. The third kappa shape index (κ3) is 3.50. The molecule has 0 saturated heterocycles. The van der Waals surface area contributed by atoms with Gasteiger partial charge in [0.2, 0.25) is 0 Å². The predicted molar refractivity (Wildman–Crippen MR) is 91.8 cm³/mol. The van der Waals surface area contributed by atoms with Gasteiger partial charge in [-0.25, -0.2) is 4.98 Å². The maximum Gasteiger partial charge on any atom is 0.259 e. The molecule has 0 radical (unpaired) electrons. The van der Waals surface area contributed by atoms with Crippen LogP contribution in [0.3, 0.4) is 0 Å². The molecule has 5 nitrogen and oxygen atoms in total. The predicted octanol–water partition coefficient (Wildman–Crippen LogP) is 2.28. The Morgan fingerprint density at radius 3 is 2.87 bits per heavy atom. The van der Waals surface area contributed by atoms with Gasteiger partial charge in [0.25, 0.3) is 5.56 Å². The minimum Gasteiger partial charge on any atom is -0.396 e. The molecule has 0 aliphatic heterocycles. The van der Waals surface area contributed by atoms with Crippen molar-refractivity contribution in [3.8, 4) is 0 Å². The van der Waals surface area contributed by atoms with Crippen molar-refractivity contribution in [3.63, 3.8) is 0 Å². The van der Waals surface area contributed by atoms with Crippen molar-refractivity contribution >= 4 is 16.3 Å². The average Bonchev–Trinajstić information content (AvgIpc) is 2.94. The fourth-order valence-corrected chi connectivity index (χ4v) is 3.51. The summed E-state index contributed by atoms with van der Waals surface area (Å²) in [5, 5.41) is 14.6. The van der Waals surface area contributed by atoms with Crippen LogP contribution in [-0.2, 0) is 6.54 Å². The second-order valence-electron chi connectivity index (χ2n) is 5.44. The van der Waals surface area contributed by atoms with E-state index in [1.165, 1.54) is 11.3 Å². The normalized spacial score (nSPS) is 12.6. The second-order valence-corrected chi connectivity index (χ2v) is 6.27. The average molecular weight is 329 g/mol. The van der Waals surface area contributed by atoms with Gasteiger partial charge >= 0.3 is 0 Å². The van der Waals surface area contributed by atoms with Crippen LogP contribution in [0.5, 0.6) is 0 Å². The number of aryl methyl sites for hydroxylation is 1. The minimum absolute atomic E-state index is 0.0338. The van der Waals surface area contributed by atoms with Crippen LogP contribution in [0.25, 0.3) is 4.96 Å². The molecule has 3 aromatic rings. The Labute approximate surface area is 138 Å². The van der Waals surface area contributed by atoms with Gasteiger partial charge in [-0.05, 0) is 18.9 Å². The van der Waals surface area contributed by atoms with Crippen molar-refractivity contribution in [1.82, 2.24) is 14.7 Å². The van der Waals surface area contributed by atoms with Gasteiger partial charge in [0, 0.05) is 36.3 Å². The summed E-state index contributed by atoms with van der Waals surface area (Å²) in [5.74, 6) is 0. The van der Waals surface area contributed by atoms with Crippen LogP contribution >= 0.6 is 11.3 Å². The van der Waals surface area contributed by atoms with Crippen LogP contribution < -0.4 is 10.9 Å². The number of nitrogens with zero attached hydrogens (tertiary/aromatic N) is 2. The molecule has 0 amide bonds. The molecule has 120 valence electrons. The number of hydrogen-bond donors (Lipinski definition) is 2. The standard InChI is InChI=1S/C17H19N3O2S/c1-12-11-23-17-19-14(9-16(22)20(12)17)10-18-15(7-8-21)13-5-3-2-4-6-13/h2-6,9,11,15,18,21H,7-8,10H2,1H3. The van der Waals surface area contributed by atoms with Gasteiger partial charge in [0.15, 0.2) is 4.96 Å². The van der Waals surface area contributed by atoms with Gasteiger partial charge in [0.1, 0.15) is 0 Å². The van der Waals surface area contributed by atoms with Crippen LogP contribution in [-0.4, -0.2) is 21.1 Å². The van der Waals surface area contributed by atoms with Crippen LogP contribution in [0.1, 0.15) is 29.4 Å². The molecule has 0 fully saturated rings. The van der Waals surface area contributed by atoms with Crippen LogP contribution in [0.15, 0.2) is 46.6 Å². The fourth-order valence-electron chi connectivity index (χ4n) is 2.62. The molecule has 1 unspecified atom stereocenters. The summed E-state index contributed by atoms with van der Waals surface area (Å²) in [5.41, 5.74) is 2.69. The third-order valence-corrected chi connectivity index (χ3v) is 4.72. The molecule has 0 spiro atoms. The molecule has 0 aliphatic rings. The zero-order chi connectivity index (χ0) is 16.2. The fraction of sp³-hybridized carbons (Fsp3) is 0.294. The molecule has 1 aromatic carbocycles. The Bertz CT molecular complexity index is 842. The zero-order valence-corrected chi connectivity index (χ0v) is 13.7. The first-order chi connectivity index (χ1) is 11.2. The lowest BCUT2D eigenvalue weighted by Gasteiger charge is -2.18. The minimum atomic E-state index is -0.0519. The Hall–Kier alpha value is -2.02. The topological polar surface area (TPSA) is 66.6 Å². The maximum atomic E-state index is 12.2. The molecular formula is C17H19N3O2S. The van der Waals surface area contributed by atoms with Crippen molar-refractivity contribution < 1.29 is 5.11 Å². The van der Waals surface area contributed by atoms with Crippen molar-refractivity contribution in [3.05, 3.63) is 69.1 Å². The van der Waals surface area contributed by atoms with Crippen molar-refractivity contribution in [2.75, 3.05) is 6.61 Å². The van der Waals surface area contributed by atoms with Gasteiger partial charge in [-0.15, -0.1) is 11.3 Å². The SMILES string of the molecule is Cc1csc2nc(CNC(CCO)c3ccccc3)cc(=O)n12. The van der Waals surface area contributed by atoms with Crippen LogP contribution in [0.4, 0.5) is 0 Å². The first-order valence-electron chi connectivity index (χ1n) is 7.55. The highest BCUT2D eigenvalue weighted by Crippen LogP contribution is 2.17. The van der Waals surface area contributed by atoms with E-state index in [9.17, 15) is 9.90 Å². The summed E-state index contributed by atoms with van der Waals surface area (Å²) >= 11 is 1.47. The van der Waals surface area contributed by atoms with Gasteiger partial charge in [0.05, 0.1) is 5.69 Å². The third-order valence-electron chi connectivity index (χ3n) is 3.78. The molecule has 0 aliphatic carbocycles. The highest BCUT2D eigenvalue weighted by Gasteiger charge is 2.12. The van der Waals surface area contributed by atoms with E-state index in [-0.39, 0.29) is 18.2 Å². The number of nitrogens with one attached hydrogen (secondary N) is 1. The molecule has 2 N–H and O–H groups in total. The van der Waals surface area contributed by atoms with Gasteiger partial charge in [-0.1, -0.05) is 30.3 Å². The number of benzene rings is 1. The number of aliphatic hydroxyl groups excluding tert-OH is 1. The lowest BCUT2D eigenvalue weighted by molar-refractivity contribution is 0.265. The number of thiazole rings is 1. The van der Waals surface area contributed by atoms with E-state index < -0.39 is 0 Å². The number of aliphatic hydroxyl groups is 1. The van der Waals surface area contributed by atoms with Crippen molar-refractivity contribution in [1.29, 1.82) is 0 Å². The van der Waals surface area contributed by atoms with Gasteiger partial charge in [-0.2, -0.15) is 0 Å². The summed E-state index contributed by atoms with van der Waals surface area (Å²) < 4.78 is 1.62. The van der Waals surface area contributed by atoms with E-state index in [0.29, 0.717) is 17.9 Å². The van der Waals surface area contributed by atoms with E-state index >= 15 is 0 Å². The summed E-state index contributed by atoms with van der Waals surface area (Å²) in [6, 6.07) is 11.6. The number of fused-ring (bicyclic) bond motifs is 1. The van der Waals surface area contributed by atoms with Crippen molar-refractivity contribution in [2.45, 2.75) is 25.9 Å². The molecule has 0 bridgehead atoms. The summed E-state index contributed by atoms with van der Waals surface area (Å²) in [4.78, 5) is 17.4. The first kappa shape index (κ1) is 15.9. The van der Waals surface area contributed by atoms with Crippen LogP contribution in [0, 0.1) is 6.92 Å². The molecule has 2 heterocycles. The maximum absolute atomic E-state index is 12.2. The van der Waals surface area contributed by atoms with E-state index in [4.69, 9.17) is 0 Å². The summed E-state index contributed by atoms with van der Waals surface area (Å²) in [6.07, 6.45) is 0.614. The van der Waals surface area contributed by atoms with Gasteiger partial charge in [-0.3, -0.25) is 9.20 Å². The molecule has 0 saturated carbocycles. The monoisotopic (exact) mass is 329 g/mol. The summed E-state index contributed by atoms with van der Waals surface area (Å²) in [6.45, 7) is 2.49. The molecule has 1 atom stereocenters. The number of hydrogen-bond acceptors (Lipinski definition) is 5. The molecule has 3 rings (SSSR count). The first-order valence-corrected chi connectivity index (χ1v) is 8.43. The zero-order valence-electron chi connectivity index (χ0n) is 12.9. The Morgan fingerprint density at radius 1 is 1.35 bits per heavy atom. The number of rotatable bonds is 6. The van der Waals surface area contributed by atoms with Gasteiger partial charge < -0.3 is 10.4 Å². The van der Waals surface area contributed by atoms with E-state index in [0.717, 1.165) is 17.0 Å². The van der Waals surface area contributed by atoms with E-state index in [1.807, 2.05) is 42.6 Å². The quantitative estimate of drug-likeness (QED) is 0.728. The van der Waals surface area contributed by atoms with E-state index in [1.54, 1.807) is 10.5 Å². The summed E-state index contributed by atoms with van der Waals surface area (Å²) in [7, 11) is 0. The van der Waals surface area contributed by atoms with Crippen LogP contribution in [0.2, 0.25) is 0 Å².